The largest absolute Gasteiger partial charge is 0.465 e. The van der Waals surface area contributed by atoms with Crippen molar-refractivity contribution in [1.29, 1.82) is 0 Å². The number of carbonyl (C=O) groups is 2. The zero-order valence-electron chi connectivity index (χ0n) is 15.0. The molecule has 2 rings (SSSR count). The fourth-order valence-corrected chi connectivity index (χ4v) is 2.52. The minimum atomic E-state index is -0.518. The fraction of sp³-hybridized carbons (Fsp3) is 0.529. The molecular weight excluding hydrogens is 311 g/mol. The van der Waals surface area contributed by atoms with Crippen LogP contribution in [0.1, 0.15) is 54.0 Å². The van der Waals surface area contributed by atoms with Crippen LogP contribution >= 0.6 is 0 Å². The van der Waals surface area contributed by atoms with Crippen LogP contribution in [-0.2, 0) is 25.1 Å². The molecule has 1 fully saturated rings. The van der Waals surface area contributed by atoms with E-state index in [9.17, 15) is 9.59 Å². The highest BCUT2D eigenvalue weighted by molar-refractivity contribution is 6.45. The van der Waals surface area contributed by atoms with Gasteiger partial charge in [-0.3, -0.25) is 0 Å². The molecule has 0 bridgehead atoms. The third-order valence-electron chi connectivity index (χ3n) is 4.54. The summed E-state index contributed by atoms with van der Waals surface area (Å²) in [7, 11) is 2.12. The number of rotatable bonds is 4. The molecule has 1 aliphatic heterocycles. The molecule has 1 saturated heterocycles. The maximum absolute atomic E-state index is 11.8. The van der Waals surface area contributed by atoms with E-state index < -0.39 is 30.3 Å². The molecule has 0 aromatic heterocycles. The lowest BCUT2D eigenvalue weighted by atomic mass is 9.80. The molecule has 0 N–H and O–H groups in total. The Morgan fingerprint density at radius 2 is 1.33 bits per heavy atom. The molecule has 0 radical (unpaired) electrons. The standard InChI is InChI=1S/C17H23BO6/c1-16(2)17(3,4)24-18(23-16)10-11-7-12(14(19)21-5)9-13(8-11)15(20)22-6/h7-9H,10H2,1-6H3. The first-order valence-corrected chi connectivity index (χ1v) is 7.76. The molecular formula is C17H23BO6. The summed E-state index contributed by atoms with van der Waals surface area (Å²) in [5, 5.41) is 0. The van der Waals surface area contributed by atoms with E-state index in [1.165, 1.54) is 20.3 Å². The zero-order valence-corrected chi connectivity index (χ0v) is 15.0. The summed E-state index contributed by atoms with van der Waals surface area (Å²) in [5.41, 5.74) is 0.418. The third kappa shape index (κ3) is 3.62. The van der Waals surface area contributed by atoms with Crippen LogP contribution in [0.3, 0.4) is 0 Å². The zero-order chi connectivity index (χ0) is 18.1. The Morgan fingerprint density at radius 1 is 0.917 bits per heavy atom. The number of ether oxygens (including phenoxy) is 2. The maximum Gasteiger partial charge on any atom is 0.462 e. The van der Waals surface area contributed by atoms with E-state index in [-0.39, 0.29) is 11.1 Å². The molecule has 0 atom stereocenters. The van der Waals surface area contributed by atoms with Crippen molar-refractivity contribution in [3.05, 3.63) is 34.9 Å². The molecule has 130 valence electrons. The number of carbonyl (C=O) groups excluding carboxylic acids is 2. The van der Waals surface area contributed by atoms with Crippen molar-refractivity contribution < 1.29 is 28.4 Å². The number of hydrogen-bond donors (Lipinski definition) is 0. The van der Waals surface area contributed by atoms with Crippen molar-refractivity contribution in [2.75, 3.05) is 14.2 Å². The minimum absolute atomic E-state index is 0.284. The molecule has 0 saturated carbocycles. The van der Waals surface area contributed by atoms with Crippen LogP contribution in [0.2, 0.25) is 0 Å². The van der Waals surface area contributed by atoms with Crippen molar-refractivity contribution in [3.8, 4) is 0 Å². The summed E-state index contributed by atoms with van der Waals surface area (Å²) in [5.74, 6) is -1.04. The van der Waals surface area contributed by atoms with Gasteiger partial charge in [0.05, 0.1) is 36.5 Å². The van der Waals surface area contributed by atoms with Crippen LogP contribution < -0.4 is 0 Å². The average molecular weight is 334 g/mol. The molecule has 0 amide bonds. The van der Waals surface area contributed by atoms with Gasteiger partial charge in [0.15, 0.2) is 0 Å². The van der Waals surface area contributed by atoms with E-state index in [2.05, 4.69) is 0 Å². The summed E-state index contributed by atoms with van der Waals surface area (Å²) in [4.78, 5) is 23.7. The summed E-state index contributed by atoms with van der Waals surface area (Å²) >= 11 is 0. The van der Waals surface area contributed by atoms with Crippen molar-refractivity contribution in [2.45, 2.75) is 45.2 Å². The molecule has 1 aromatic carbocycles. The van der Waals surface area contributed by atoms with Crippen molar-refractivity contribution in [3.63, 3.8) is 0 Å². The van der Waals surface area contributed by atoms with Crippen LogP contribution in [-0.4, -0.2) is 44.5 Å². The Bertz CT molecular complexity index is 602. The second-order valence-electron chi connectivity index (χ2n) is 6.79. The van der Waals surface area contributed by atoms with Gasteiger partial charge in [-0.25, -0.2) is 9.59 Å². The molecule has 24 heavy (non-hydrogen) atoms. The quantitative estimate of drug-likeness (QED) is 0.622. The summed E-state index contributed by atoms with van der Waals surface area (Å²) in [6.45, 7) is 7.88. The van der Waals surface area contributed by atoms with E-state index in [4.69, 9.17) is 18.8 Å². The normalized spacial score (nSPS) is 18.3. The molecule has 6 nitrogen and oxygen atoms in total. The minimum Gasteiger partial charge on any atom is -0.465 e. The summed E-state index contributed by atoms with van der Waals surface area (Å²) in [6, 6.07) is 4.79. The number of esters is 2. The van der Waals surface area contributed by atoms with E-state index in [0.29, 0.717) is 6.32 Å². The Labute approximate surface area is 142 Å². The summed E-state index contributed by atoms with van der Waals surface area (Å²) in [6.07, 6.45) is 0.404. The van der Waals surface area contributed by atoms with Gasteiger partial charge in [0.2, 0.25) is 0 Å². The monoisotopic (exact) mass is 334 g/mol. The first-order valence-electron chi connectivity index (χ1n) is 7.76. The average Bonchev–Trinajstić information content (AvgIpc) is 2.72. The first-order chi connectivity index (χ1) is 11.1. The van der Waals surface area contributed by atoms with Crippen molar-refractivity contribution in [1.82, 2.24) is 0 Å². The predicted molar refractivity (Wildman–Crippen MR) is 88.9 cm³/mol. The second kappa shape index (κ2) is 6.57. The predicted octanol–water partition coefficient (Wildman–Crippen LogP) is 2.43. The smallest absolute Gasteiger partial charge is 0.462 e. The van der Waals surface area contributed by atoms with Crippen LogP contribution in [0.5, 0.6) is 0 Å². The van der Waals surface area contributed by atoms with Crippen molar-refractivity contribution >= 4 is 19.1 Å². The van der Waals surface area contributed by atoms with E-state index in [1.54, 1.807) is 12.1 Å². The van der Waals surface area contributed by atoms with E-state index in [1.807, 2.05) is 27.7 Å². The molecule has 0 aliphatic carbocycles. The second-order valence-corrected chi connectivity index (χ2v) is 6.79. The van der Waals surface area contributed by atoms with Crippen LogP contribution in [0.4, 0.5) is 0 Å². The van der Waals surface area contributed by atoms with Gasteiger partial charge < -0.3 is 18.8 Å². The molecule has 1 aromatic rings. The van der Waals surface area contributed by atoms with Crippen LogP contribution in [0.25, 0.3) is 0 Å². The lowest BCUT2D eigenvalue weighted by Gasteiger charge is -2.32. The lowest BCUT2D eigenvalue weighted by Crippen LogP contribution is -2.41. The van der Waals surface area contributed by atoms with Gasteiger partial charge in [-0.05, 0) is 51.5 Å². The van der Waals surface area contributed by atoms with E-state index >= 15 is 0 Å². The van der Waals surface area contributed by atoms with E-state index in [0.717, 1.165) is 5.56 Å². The summed E-state index contributed by atoms with van der Waals surface area (Å²) < 4.78 is 21.4. The Kier molecular flexibility index (Phi) is 5.06. The molecule has 1 heterocycles. The molecule has 0 unspecified atom stereocenters. The van der Waals surface area contributed by atoms with Gasteiger partial charge in [-0.2, -0.15) is 0 Å². The number of benzene rings is 1. The molecule has 7 heteroatoms. The van der Waals surface area contributed by atoms with Gasteiger partial charge >= 0.3 is 19.1 Å². The van der Waals surface area contributed by atoms with Gasteiger partial charge in [0.1, 0.15) is 0 Å². The van der Waals surface area contributed by atoms with Gasteiger partial charge in [-0.15, -0.1) is 0 Å². The van der Waals surface area contributed by atoms with Gasteiger partial charge in [0, 0.05) is 6.32 Å². The Balaban J connectivity index is 2.30. The highest BCUT2D eigenvalue weighted by Crippen LogP contribution is 2.37. The van der Waals surface area contributed by atoms with Gasteiger partial charge in [-0.1, -0.05) is 0 Å². The maximum atomic E-state index is 11.8. The highest BCUT2D eigenvalue weighted by Gasteiger charge is 2.50. The Morgan fingerprint density at radius 3 is 1.71 bits per heavy atom. The highest BCUT2D eigenvalue weighted by atomic mass is 16.7. The lowest BCUT2D eigenvalue weighted by molar-refractivity contribution is 0.00578. The topological polar surface area (TPSA) is 71.1 Å². The number of hydrogen-bond acceptors (Lipinski definition) is 6. The van der Waals surface area contributed by atoms with Crippen molar-refractivity contribution in [2.24, 2.45) is 0 Å². The molecule has 1 aliphatic rings. The SMILES string of the molecule is COC(=O)c1cc(CB2OC(C)(C)C(C)(C)O2)cc(C(=O)OC)c1. The van der Waals surface area contributed by atoms with Crippen LogP contribution in [0.15, 0.2) is 18.2 Å². The molecule has 0 spiro atoms. The first kappa shape index (κ1) is 18.5. The van der Waals surface area contributed by atoms with Crippen LogP contribution in [0, 0.1) is 0 Å². The fourth-order valence-electron chi connectivity index (χ4n) is 2.52. The number of methoxy groups -OCH3 is 2. The third-order valence-corrected chi connectivity index (χ3v) is 4.54. The Hall–Kier alpha value is -1.86. The van der Waals surface area contributed by atoms with Gasteiger partial charge in [0.25, 0.3) is 0 Å².